The Labute approximate surface area is 98.9 Å². The summed E-state index contributed by atoms with van der Waals surface area (Å²) in [6, 6.07) is 7.68. The molecule has 0 atom stereocenters. The molecule has 0 N–H and O–H groups in total. The summed E-state index contributed by atoms with van der Waals surface area (Å²) in [5.74, 6) is -0.184. The highest BCUT2D eigenvalue weighted by Gasteiger charge is 2.02. The van der Waals surface area contributed by atoms with Gasteiger partial charge in [-0.05, 0) is 6.07 Å². The summed E-state index contributed by atoms with van der Waals surface area (Å²) >= 11 is 5.35. The molecule has 2 nitrogen and oxygen atoms in total. The van der Waals surface area contributed by atoms with Gasteiger partial charge in [0.1, 0.15) is 6.61 Å². The molecule has 13 heavy (non-hydrogen) atoms. The smallest absolute Gasteiger partial charge is 0.316 e. The Kier molecular flexibility index (Phi) is 4.72. The summed E-state index contributed by atoms with van der Waals surface area (Å²) in [6.07, 6.45) is 0. The van der Waals surface area contributed by atoms with Crippen molar-refractivity contribution >= 4 is 44.5 Å². The lowest BCUT2D eigenvalue weighted by molar-refractivity contribution is -0.141. The number of carbonyl (C=O) groups excluding carboxylic acids is 1. The number of benzene rings is 1. The van der Waals surface area contributed by atoms with Crippen molar-refractivity contribution in [3.63, 3.8) is 0 Å². The normalized spacial score (nSPS) is 9.69. The van der Waals surface area contributed by atoms with Crippen LogP contribution in [0, 0.1) is 0 Å². The number of hydrogen-bond donors (Lipinski definition) is 0. The third-order valence-electron chi connectivity index (χ3n) is 1.46. The van der Waals surface area contributed by atoms with Crippen LogP contribution in [0.2, 0.25) is 0 Å². The first-order chi connectivity index (χ1) is 6.24. The number of rotatable bonds is 3. The molecular weight excluding hydrogens is 347 g/mol. The number of hydrogen-bond acceptors (Lipinski definition) is 2. The average molecular weight is 355 g/mol. The van der Waals surface area contributed by atoms with Gasteiger partial charge in [0.2, 0.25) is 0 Å². The molecule has 0 radical (unpaired) electrons. The molecule has 0 spiro atoms. The van der Waals surface area contributed by atoms with E-state index in [0.717, 1.165) is 10.0 Å². The summed E-state index contributed by atoms with van der Waals surface area (Å²) in [4.78, 5) is 10.9. The highest BCUT2D eigenvalue weighted by molar-refractivity contribution is 14.1. The van der Waals surface area contributed by atoms with E-state index >= 15 is 0 Å². The van der Waals surface area contributed by atoms with Crippen LogP contribution in [0.4, 0.5) is 0 Å². The molecule has 4 heteroatoms. The molecule has 0 heterocycles. The molecule has 1 aromatic carbocycles. The SMILES string of the molecule is O=C(CI)OCc1ccccc1Br. The Morgan fingerprint density at radius 2 is 2.15 bits per heavy atom. The first kappa shape index (κ1) is 11.0. The van der Waals surface area contributed by atoms with Crippen LogP contribution in [-0.4, -0.2) is 10.4 Å². The van der Waals surface area contributed by atoms with Crippen molar-refractivity contribution in [3.8, 4) is 0 Å². The van der Waals surface area contributed by atoms with Crippen LogP contribution < -0.4 is 0 Å². The zero-order valence-corrected chi connectivity index (χ0v) is 10.5. The molecule has 0 aliphatic heterocycles. The van der Waals surface area contributed by atoms with Gasteiger partial charge in [0.25, 0.3) is 0 Å². The van der Waals surface area contributed by atoms with E-state index in [1.165, 1.54) is 0 Å². The molecule has 0 bridgehead atoms. The van der Waals surface area contributed by atoms with Crippen molar-refractivity contribution in [1.82, 2.24) is 0 Å². The van der Waals surface area contributed by atoms with Crippen LogP contribution in [0.1, 0.15) is 5.56 Å². The van der Waals surface area contributed by atoms with Crippen molar-refractivity contribution in [2.75, 3.05) is 4.43 Å². The van der Waals surface area contributed by atoms with Gasteiger partial charge in [-0.3, -0.25) is 4.79 Å². The quantitative estimate of drug-likeness (QED) is 0.474. The van der Waals surface area contributed by atoms with E-state index in [2.05, 4.69) is 15.9 Å². The highest BCUT2D eigenvalue weighted by Crippen LogP contribution is 2.16. The number of alkyl halides is 1. The van der Waals surface area contributed by atoms with Crippen LogP contribution >= 0.6 is 38.5 Å². The van der Waals surface area contributed by atoms with Gasteiger partial charge < -0.3 is 4.74 Å². The fourth-order valence-electron chi connectivity index (χ4n) is 0.812. The van der Waals surface area contributed by atoms with E-state index in [4.69, 9.17) is 4.74 Å². The molecule has 0 aromatic heterocycles. The van der Waals surface area contributed by atoms with Gasteiger partial charge in [0.15, 0.2) is 0 Å². The summed E-state index contributed by atoms with van der Waals surface area (Å²) < 4.78 is 6.34. The van der Waals surface area contributed by atoms with Gasteiger partial charge in [0.05, 0.1) is 4.43 Å². The minimum Gasteiger partial charge on any atom is -0.460 e. The van der Waals surface area contributed by atoms with Gasteiger partial charge in [-0.2, -0.15) is 0 Å². The van der Waals surface area contributed by atoms with Crippen molar-refractivity contribution in [2.24, 2.45) is 0 Å². The first-order valence-corrected chi connectivity index (χ1v) is 6.01. The minimum absolute atomic E-state index is 0.184. The Balaban J connectivity index is 2.54. The largest absolute Gasteiger partial charge is 0.460 e. The molecule has 0 unspecified atom stereocenters. The molecular formula is C9H8BrIO2. The highest BCUT2D eigenvalue weighted by atomic mass is 127. The van der Waals surface area contributed by atoms with E-state index in [1.54, 1.807) is 0 Å². The van der Waals surface area contributed by atoms with Gasteiger partial charge in [-0.25, -0.2) is 0 Å². The maximum absolute atomic E-state index is 10.9. The summed E-state index contributed by atoms with van der Waals surface area (Å²) in [6.45, 7) is 0.337. The molecule has 0 saturated heterocycles. The Morgan fingerprint density at radius 1 is 1.46 bits per heavy atom. The monoisotopic (exact) mass is 354 g/mol. The Hall–Kier alpha value is -0.100. The lowest BCUT2D eigenvalue weighted by Crippen LogP contribution is -2.05. The zero-order chi connectivity index (χ0) is 9.68. The number of ether oxygens (including phenoxy) is 1. The molecule has 1 aromatic rings. The Morgan fingerprint density at radius 3 is 2.77 bits per heavy atom. The van der Waals surface area contributed by atoms with E-state index in [-0.39, 0.29) is 5.97 Å². The number of halogens is 2. The first-order valence-electron chi connectivity index (χ1n) is 3.69. The zero-order valence-electron chi connectivity index (χ0n) is 6.80. The van der Waals surface area contributed by atoms with Crippen molar-refractivity contribution < 1.29 is 9.53 Å². The van der Waals surface area contributed by atoms with Crippen molar-refractivity contribution in [2.45, 2.75) is 6.61 Å². The molecule has 0 aliphatic rings. The van der Waals surface area contributed by atoms with Crippen LogP contribution in [0.5, 0.6) is 0 Å². The molecule has 70 valence electrons. The fraction of sp³-hybridized carbons (Fsp3) is 0.222. The predicted octanol–water partition coefficient (Wildman–Crippen LogP) is 2.93. The summed E-state index contributed by atoms with van der Waals surface area (Å²) in [5, 5.41) is 0. The van der Waals surface area contributed by atoms with Crippen LogP contribution in [0.3, 0.4) is 0 Å². The second kappa shape index (κ2) is 5.59. The van der Waals surface area contributed by atoms with E-state index in [9.17, 15) is 4.79 Å². The lowest BCUT2D eigenvalue weighted by atomic mass is 10.2. The van der Waals surface area contributed by atoms with Gasteiger partial charge in [0, 0.05) is 10.0 Å². The van der Waals surface area contributed by atoms with Crippen LogP contribution in [0.25, 0.3) is 0 Å². The third-order valence-corrected chi connectivity index (χ3v) is 2.85. The van der Waals surface area contributed by atoms with Crippen molar-refractivity contribution in [1.29, 1.82) is 0 Å². The third kappa shape index (κ3) is 3.64. The van der Waals surface area contributed by atoms with Crippen molar-refractivity contribution in [3.05, 3.63) is 34.3 Å². The van der Waals surface area contributed by atoms with E-state index in [1.807, 2.05) is 46.9 Å². The maximum atomic E-state index is 10.9. The average Bonchev–Trinajstić information content (AvgIpc) is 2.16. The standard InChI is InChI=1S/C9H8BrIO2/c10-8-4-2-1-3-7(8)6-13-9(12)5-11/h1-4H,5-6H2. The fourth-order valence-corrected chi connectivity index (χ4v) is 1.43. The molecule has 1 rings (SSSR count). The summed E-state index contributed by atoms with van der Waals surface area (Å²) in [5.41, 5.74) is 0.987. The Bertz CT molecular complexity index is 301. The number of carbonyl (C=O) groups is 1. The number of esters is 1. The molecule has 0 amide bonds. The van der Waals surface area contributed by atoms with Crippen LogP contribution in [-0.2, 0) is 16.1 Å². The van der Waals surface area contributed by atoms with Crippen LogP contribution in [0.15, 0.2) is 28.7 Å². The van der Waals surface area contributed by atoms with Gasteiger partial charge in [-0.1, -0.05) is 56.7 Å². The molecule has 0 saturated carbocycles. The lowest BCUT2D eigenvalue weighted by Gasteiger charge is -2.04. The predicted molar refractivity (Wildman–Crippen MR) is 62.8 cm³/mol. The minimum atomic E-state index is -0.184. The molecule has 0 fully saturated rings. The second-order valence-corrected chi connectivity index (χ2v) is 4.00. The van der Waals surface area contributed by atoms with E-state index in [0.29, 0.717) is 11.0 Å². The second-order valence-electron chi connectivity index (χ2n) is 2.39. The summed E-state index contributed by atoms with van der Waals surface area (Å²) in [7, 11) is 0. The topological polar surface area (TPSA) is 26.3 Å². The van der Waals surface area contributed by atoms with Gasteiger partial charge >= 0.3 is 5.97 Å². The van der Waals surface area contributed by atoms with Gasteiger partial charge in [-0.15, -0.1) is 0 Å². The van der Waals surface area contributed by atoms with E-state index < -0.39 is 0 Å². The maximum Gasteiger partial charge on any atom is 0.316 e. The molecule has 0 aliphatic carbocycles.